The lowest BCUT2D eigenvalue weighted by Gasteiger charge is -2.11. The molecule has 0 aliphatic carbocycles. The lowest BCUT2D eigenvalue weighted by Crippen LogP contribution is -2.06. The number of phenolic OH excluding ortho intramolecular Hbond substituents is 1. The molecule has 1 aromatic rings. The van der Waals surface area contributed by atoms with E-state index >= 15 is 0 Å². The van der Waals surface area contributed by atoms with Crippen LogP contribution in [0.3, 0.4) is 0 Å². The molecular formula is C10H11ClO4. The number of rotatable bonds is 4. The fourth-order valence-electron chi connectivity index (χ4n) is 1.24. The SMILES string of the molecule is COc1cc(O)cc(OC)c1C(=O)CCl. The molecule has 1 aromatic carbocycles. The van der Waals surface area contributed by atoms with E-state index in [4.69, 9.17) is 21.1 Å². The zero-order valence-electron chi connectivity index (χ0n) is 8.41. The molecule has 0 amide bonds. The topological polar surface area (TPSA) is 55.8 Å². The number of carbonyl (C=O) groups is 1. The first-order valence-electron chi connectivity index (χ1n) is 4.18. The van der Waals surface area contributed by atoms with Crippen LogP contribution in [0.1, 0.15) is 10.4 Å². The molecule has 1 N–H and O–H groups in total. The summed E-state index contributed by atoms with van der Waals surface area (Å²) in [5.41, 5.74) is 0.243. The molecule has 0 fully saturated rings. The van der Waals surface area contributed by atoms with Gasteiger partial charge in [-0.25, -0.2) is 0 Å². The van der Waals surface area contributed by atoms with Crippen LogP contribution >= 0.6 is 11.6 Å². The molecule has 0 spiro atoms. The molecule has 1 rings (SSSR count). The highest BCUT2D eigenvalue weighted by Gasteiger charge is 2.18. The van der Waals surface area contributed by atoms with Gasteiger partial charge in [0.2, 0.25) is 0 Å². The summed E-state index contributed by atoms with van der Waals surface area (Å²) in [4.78, 5) is 11.5. The molecule has 5 heteroatoms. The van der Waals surface area contributed by atoms with Gasteiger partial charge in [-0.15, -0.1) is 11.6 Å². The van der Waals surface area contributed by atoms with E-state index in [0.29, 0.717) is 0 Å². The summed E-state index contributed by atoms with van der Waals surface area (Å²) >= 11 is 5.46. The van der Waals surface area contributed by atoms with Crippen molar-refractivity contribution in [2.24, 2.45) is 0 Å². The number of hydrogen-bond acceptors (Lipinski definition) is 4. The Labute approximate surface area is 92.4 Å². The van der Waals surface area contributed by atoms with Gasteiger partial charge in [-0.2, -0.15) is 0 Å². The number of halogens is 1. The molecule has 0 radical (unpaired) electrons. The summed E-state index contributed by atoms with van der Waals surface area (Å²) in [6.07, 6.45) is 0. The maximum absolute atomic E-state index is 11.5. The molecule has 0 heterocycles. The Morgan fingerprint density at radius 2 is 1.80 bits per heavy atom. The van der Waals surface area contributed by atoms with Gasteiger partial charge in [-0.3, -0.25) is 4.79 Å². The molecular weight excluding hydrogens is 220 g/mol. The third-order valence-electron chi connectivity index (χ3n) is 1.89. The Morgan fingerprint density at radius 3 is 2.13 bits per heavy atom. The summed E-state index contributed by atoms with van der Waals surface area (Å²) in [6, 6.07) is 2.67. The number of carbonyl (C=O) groups excluding carboxylic acids is 1. The van der Waals surface area contributed by atoms with Gasteiger partial charge in [-0.05, 0) is 0 Å². The fraction of sp³-hybridized carbons (Fsp3) is 0.300. The van der Waals surface area contributed by atoms with Crippen LogP contribution in [-0.2, 0) is 0 Å². The quantitative estimate of drug-likeness (QED) is 0.633. The van der Waals surface area contributed by atoms with Crippen molar-refractivity contribution in [2.45, 2.75) is 0 Å². The largest absolute Gasteiger partial charge is 0.508 e. The summed E-state index contributed by atoms with van der Waals surface area (Å²) in [6.45, 7) is 0. The van der Waals surface area contributed by atoms with E-state index in [1.165, 1.54) is 26.4 Å². The summed E-state index contributed by atoms with van der Waals surface area (Å²) in [5, 5.41) is 9.33. The molecule has 15 heavy (non-hydrogen) atoms. The van der Waals surface area contributed by atoms with E-state index in [1.807, 2.05) is 0 Å². The average molecular weight is 231 g/mol. The number of ketones is 1. The van der Waals surface area contributed by atoms with Crippen LogP contribution in [0.4, 0.5) is 0 Å². The first kappa shape index (κ1) is 11.7. The molecule has 0 atom stereocenters. The van der Waals surface area contributed by atoms with Gasteiger partial charge >= 0.3 is 0 Å². The Bertz CT molecular complexity index is 351. The minimum absolute atomic E-state index is 0.0326. The number of benzene rings is 1. The van der Waals surface area contributed by atoms with E-state index in [1.54, 1.807) is 0 Å². The number of aromatic hydroxyl groups is 1. The highest BCUT2D eigenvalue weighted by atomic mass is 35.5. The molecule has 0 saturated heterocycles. The van der Waals surface area contributed by atoms with Crippen LogP contribution < -0.4 is 9.47 Å². The number of methoxy groups -OCH3 is 2. The normalized spacial score (nSPS) is 9.80. The molecule has 0 aliphatic heterocycles. The molecule has 0 unspecified atom stereocenters. The second kappa shape index (κ2) is 4.89. The predicted molar refractivity (Wildman–Crippen MR) is 56.3 cm³/mol. The monoisotopic (exact) mass is 230 g/mol. The van der Waals surface area contributed by atoms with Crippen LogP contribution in [0.15, 0.2) is 12.1 Å². The van der Waals surface area contributed by atoms with Crippen molar-refractivity contribution >= 4 is 17.4 Å². The predicted octanol–water partition coefficient (Wildman–Crippen LogP) is 1.83. The van der Waals surface area contributed by atoms with E-state index in [9.17, 15) is 9.90 Å². The van der Waals surface area contributed by atoms with Crippen LogP contribution in [0.25, 0.3) is 0 Å². The van der Waals surface area contributed by atoms with Gasteiger partial charge in [0.25, 0.3) is 0 Å². The van der Waals surface area contributed by atoms with Crippen molar-refractivity contribution in [1.29, 1.82) is 0 Å². The molecule has 82 valence electrons. The minimum Gasteiger partial charge on any atom is -0.508 e. The zero-order valence-corrected chi connectivity index (χ0v) is 9.17. The van der Waals surface area contributed by atoms with Gasteiger partial charge in [0.1, 0.15) is 22.8 Å². The summed E-state index contributed by atoms with van der Waals surface area (Å²) in [7, 11) is 2.80. The lowest BCUT2D eigenvalue weighted by molar-refractivity contribution is 0.101. The van der Waals surface area contributed by atoms with E-state index in [2.05, 4.69) is 0 Å². The number of alkyl halides is 1. The Balaban J connectivity index is 3.36. The average Bonchev–Trinajstić information content (AvgIpc) is 2.26. The van der Waals surface area contributed by atoms with E-state index in [-0.39, 0.29) is 34.5 Å². The van der Waals surface area contributed by atoms with Crippen molar-refractivity contribution < 1.29 is 19.4 Å². The maximum atomic E-state index is 11.5. The molecule has 0 aromatic heterocycles. The first-order chi connectivity index (χ1) is 7.13. The van der Waals surface area contributed by atoms with Crippen molar-refractivity contribution in [1.82, 2.24) is 0 Å². The lowest BCUT2D eigenvalue weighted by atomic mass is 10.1. The van der Waals surface area contributed by atoms with Crippen LogP contribution in [0.2, 0.25) is 0 Å². The van der Waals surface area contributed by atoms with Crippen LogP contribution in [0.5, 0.6) is 17.2 Å². The smallest absolute Gasteiger partial charge is 0.185 e. The Morgan fingerprint density at radius 1 is 1.33 bits per heavy atom. The van der Waals surface area contributed by atoms with Gasteiger partial charge in [0.15, 0.2) is 5.78 Å². The summed E-state index contributed by atoms with van der Waals surface area (Å²) < 4.78 is 9.94. The minimum atomic E-state index is -0.314. The van der Waals surface area contributed by atoms with Crippen molar-refractivity contribution in [3.8, 4) is 17.2 Å². The van der Waals surface area contributed by atoms with Gasteiger partial charge in [0.05, 0.1) is 20.1 Å². The summed E-state index contributed by atoms with van der Waals surface area (Å²) in [5.74, 6) is -0.0208. The van der Waals surface area contributed by atoms with Gasteiger partial charge in [0, 0.05) is 12.1 Å². The number of hydrogen-bond donors (Lipinski definition) is 1. The van der Waals surface area contributed by atoms with Crippen LogP contribution in [-0.4, -0.2) is 31.0 Å². The van der Waals surface area contributed by atoms with Crippen molar-refractivity contribution in [3.63, 3.8) is 0 Å². The highest BCUT2D eigenvalue weighted by Crippen LogP contribution is 2.33. The Kier molecular flexibility index (Phi) is 3.80. The third kappa shape index (κ3) is 2.33. The van der Waals surface area contributed by atoms with Crippen molar-refractivity contribution in [2.75, 3.05) is 20.1 Å². The number of ether oxygens (including phenoxy) is 2. The van der Waals surface area contributed by atoms with Gasteiger partial charge in [-0.1, -0.05) is 0 Å². The van der Waals surface area contributed by atoms with E-state index < -0.39 is 0 Å². The third-order valence-corrected chi connectivity index (χ3v) is 2.13. The zero-order chi connectivity index (χ0) is 11.4. The fourth-order valence-corrected chi connectivity index (χ4v) is 1.37. The second-order valence-corrected chi connectivity index (χ2v) is 3.05. The molecule has 0 bridgehead atoms. The number of Topliss-reactive ketones (excluding diaryl/α,β-unsaturated/α-hetero) is 1. The van der Waals surface area contributed by atoms with Crippen molar-refractivity contribution in [3.05, 3.63) is 17.7 Å². The van der Waals surface area contributed by atoms with Gasteiger partial charge < -0.3 is 14.6 Å². The second-order valence-electron chi connectivity index (χ2n) is 2.78. The van der Waals surface area contributed by atoms with Crippen LogP contribution in [0, 0.1) is 0 Å². The highest BCUT2D eigenvalue weighted by molar-refractivity contribution is 6.31. The molecule has 0 saturated carbocycles. The maximum Gasteiger partial charge on any atom is 0.185 e. The number of phenols is 1. The molecule has 4 nitrogen and oxygen atoms in total. The molecule has 0 aliphatic rings. The first-order valence-corrected chi connectivity index (χ1v) is 4.71. The van der Waals surface area contributed by atoms with E-state index in [0.717, 1.165) is 0 Å². The standard InChI is InChI=1S/C10H11ClO4/c1-14-8-3-6(12)4-9(15-2)10(8)7(13)5-11/h3-4,12H,5H2,1-2H3. The Hall–Kier alpha value is -1.42.